The van der Waals surface area contributed by atoms with Gasteiger partial charge < -0.3 is 4.74 Å². The number of ether oxygens (including phenoxy) is 1. The van der Waals surface area contributed by atoms with Gasteiger partial charge in [-0.3, -0.25) is 0 Å². The summed E-state index contributed by atoms with van der Waals surface area (Å²) in [6.07, 6.45) is 1.92. The number of nitrogens with zero attached hydrogens (tertiary/aromatic N) is 4. The maximum absolute atomic E-state index is 5.85. The first-order valence-electron chi connectivity index (χ1n) is 5.27. The zero-order chi connectivity index (χ0) is 11.0. The van der Waals surface area contributed by atoms with E-state index in [1.54, 1.807) is 10.6 Å². The summed E-state index contributed by atoms with van der Waals surface area (Å²) in [7, 11) is 0. The van der Waals surface area contributed by atoms with Crippen molar-refractivity contribution in [3.8, 4) is 0 Å². The Morgan fingerprint density at radius 2 is 2.38 bits per heavy atom. The molecule has 0 radical (unpaired) electrons. The van der Waals surface area contributed by atoms with Gasteiger partial charge in [0.1, 0.15) is 5.15 Å². The van der Waals surface area contributed by atoms with E-state index in [-0.39, 0.29) is 0 Å². The molecule has 6 heteroatoms. The van der Waals surface area contributed by atoms with Gasteiger partial charge >= 0.3 is 0 Å². The minimum absolute atomic E-state index is 0.455. The summed E-state index contributed by atoms with van der Waals surface area (Å²) in [6, 6.07) is 3.53. The van der Waals surface area contributed by atoms with E-state index in [2.05, 4.69) is 15.3 Å². The van der Waals surface area contributed by atoms with Crippen molar-refractivity contribution >= 4 is 17.2 Å². The van der Waals surface area contributed by atoms with Crippen molar-refractivity contribution in [2.24, 2.45) is 5.92 Å². The van der Waals surface area contributed by atoms with Crippen molar-refractivity contribution in [3.63, 3.8) is 0 Å². The topological polar surface area (TPSA) is 52.3 Å². The molecule has 1 fully saturated rings. The first-order valence-corrected chi connectivity index (χ1v) is 5.65. The van der Waals surface area contributed by atoms with Crippen molar-refractivity contribution in [2.75, 3.05) is 13.2 Å². The summed E-state index contributed by atoms with van der Waals surface area (Å²) in [4.78, 5) is 0. The normalized spacial score (nSPS) is 20.7. The van der Waals surface area contributed by atoms with Gasteiger partial charge in [0.05, 0.1) is 0 Å². The summed E-state index contributed by atoms with van der Waals surface area (Å²) >= 11 is 5.85. The fraction of sp³-hybridized carbons (Fsp3) is 0.500. The molecule has 1 aliphatic heterocycles. The third kappa shape index (κ3) is 1.76. The van der Waals surface area contributed by atoms with Gasteiger partial charge in [-0.1, -0.05) is 11.6 Å². The molecule has 0 N–H and O–H groups in total. The third-order valence-electron chi connectivity index (χ3n) is 2.79. The van der Waals surface area contributed by atoms with Gasteiger partial charge in [-0.05, 0) is 24.5 Å². The molecule has 0 aliphatic carbocycles. The lowest BCUT2D eigenvalue weighted by molar-refractivity contribution is 0.185. The Labute approximate surface area is 97.4 Å². The van der Waals surface area contributed by atoms with Crippen LogP contribution < -0.4 is 0 Å². The summed E-state index contributed by atoms with van der Waals surface area (Å²) in [5, 5.41) is 12.8. The maximum atomic E-state index is 5.85. The van der Waals surface area contributed by atoms with E-state index in [1.165, 1.54) is 0 Å². The molecule has 1 unspecified atom stereocenters. The Morgan fingerprint density at radius 1 is 1.44 bits per heavy atom. The number of aromatic nitrogens is 4. The molecule has 3 rings (SSSR count). The monoisotopic (exact) mass is 238 g/mol. The minimum Gasteiger partial charge on any atom is -0.381 e. The summed E-state index contributed by atoms with van der Waals surface area (Å²) in [6.45, 7) is 1.64. The molecule has 0 amide bonds. The molecule has 1 saturated heterocycles. The summed E-state index contributed by atoms with van der Waals surface area (Å²) in [5.41, 5.74) is 0.735. The Kier molecular flexibility index (Phi) is 2.49. The summed E-state index contributed by atoms with van der Waals surface area (Å²) in [5.74, 6) is 1.38. The largest absolute Gasteiger partial charge is 0.381 e. The van der Waals surface area contributed by atoms with Crippen LogP contribution in [-0.4, -0.2) is 33.0 Å². The third-order valence-corrected chi connectivity index (χ3v) is 2.99. The molecular formula is C10H11ClN4O. The van der Waals surface area contributed by atoms with Crippen LogP contribution in [0.4, 0.5) is 0 Å². The number of hydrogen-bond donors (Lipinski definition) is 0. The molecule has 5 nitrogen and oxygen atoms in total. The van der Waals surface area contributed by atoms with Gasteiger partial charge in [0.25, 0.3) is 0 Å². The molecule has 0 spiro atoms. The molecule has 0 aromatic carbocycles. The van der Waals surface area contributed by atoms with Crippen molar-refractivity contribution in [2.45, 2.75) is 12.8 Å². The van der Waals surface area contributed by atoms with Gasteiger partial charge in [0, 0.05) is 19.6 Å². The standard InChI is InChI=1S/C10H11ClN4O/c11-8-1-2-9-12-13-10(15(9)14-8)5-7-3-4-16-6-7/h1-2,7H,3-6H2. The van der Waals surface area contributed by atoms with Crippen LogP contribution in [0.3, 0.4) is 0 Å². The molecule has 0 saturated carbocycles. The zero-order valence-electron chi connectivity index (χ0n) is 8.64. The average Bonchev–Trinajstić information content (AvgIpc) is 2.90. The van der Waals surface area contributed by atoms with Gasteiger partial charge in [0.15, 0.2) is 11.5 Å². The fourth-order valence-corrected chi connectivity index (χ4v) is 2.08. The highest BCUT2D eigenvalue weighted by atomic mass is 35.5. The van der Waals surface area contributed by atoms with E-state index in [0.29, 0.717) is 11.1 Å². The van der Waals surface area contributed by atoms with Crippen molar-refractivity contribution in [1.29, 1.82) is 0 Å². The lowest BCUT2D eigenvalue weighted by atomic mass is 10.1. The quantitative estimate of drug-likeness (QED) is 0.793. The number of fused-ring (bicyclic) bond motifs is 1. The molecule has 3 heterocycles. The average molecular weight is 239 g/mol. The second kappa shape index (κ2) is 3.99. The minimum atomic E-state index is 0.455. The van der Waals surface area contributed by atoms with E-state index in [9.17, 15) is 0 Å². The van der Waals surface area contributed by atoms with E-state index >= 15 is 0 Å². The second-order valence-corrected chi connectivity index (χ2v) is 4.36. The Balaban J connectivity index is 1.93. The van der Waals surface area contributed by atoms with Crippen LogP contribution in [0.25, 0.3) is 5.65 Å². The highest BCUT2D eigenvalue weighted by Crippen LogP contribution is 2.17. The predicted octanol–water partition coefficient (Wildman–Crippen LogP) is 1.36. The van der Waals surface area contributed by atoms with Crippen molar-refractivity contribution in [3.05, 3.63) is 23.1 Å². The lowest BCUT2D eigenvalue weighted by Crippen LogP contribution is -2.08. The van der Waals surface area contributed by atoms with E-state index in [4.69, 9.17) is 16.3 Å². The number of hydrogen-bond acceptors (Lipinski definition) is 4. The van der Waals surface area contributed by atoms with Crippen molar-refractivity contribution < 1.29 is 4.74 Å². The maximum Gasteiger partial charge on any atom is 0.178 e. The molecular weight excluding hydrogens is 228 g/mol. The molecule has 16 heavy (non-hydrogen) atoms. The van der Waals surface area contributed by atoms with Crippen molar-refractivity contribution in [1.82, 2.24) is 19.8 Å². The highest BCUT2D eigenvalue weighted by Gasteiger charge is 2.19. The lowest BCUT2D eigenvalue weighted by Gasteiger charge is -2.04. The van der Waals surface area contributed by atoms with Gasteiger partial charge in [-0.15, -0.1) is 10.2 Å². The molecule has 84 valence electrons. The highest BCUT2D eigenvalue weighted by molar-refractivity contribution is 6.29. The fourth-order valence-electron chi connectivity index (χ4n) is 1.94. The Bertz CT molecular complexity index is 506. The first kappa shape index (κ1) is 9.99. The Morgan fingerprint density at radius 3 is 3.19 bits per heavy atom. The van der Waals surface area contributed by atoms with Crippen LogP contribution in [-0.2, 0) is 11.2 Å². The number of rotatable bonds is 2. The number of halogens is 1. The summed E-state index contributed by atoms with van der Waals surface area (Å²) < 4.78 is 7.05. The van der Waals surface area contributed by atoms with E-state index in [0.717, 1.165) is 37.5 Å². The molecule has 1 aliphatic rings. The zero-order valence-corrected chi connectivity index (χ0v) is 9.39. The SMILES string of the molecule is Clc1ccc2nnc(CC3CCOC3)n2n1. The molecule has 0 bridgehead atoms. The van der Waals surface area contributed by atoms with Crippen LogP contribution in [0.5, 0.6) is 0 Å². The van der Waals surface area contributed by atoms with Gasteiger partial charge in [-0.25, -0.2) is 0 Å². The van der Waals surface area contributed by atoms with Crippen LogP contribution >= 0.6 is 11.6 Å². The molecule has 2 aromatic rings. The van der Waals surface area contributed by atoms with E-state index in [1.807, 2.05) is 6.07 Å². The van der Waals surface area contributed by atoms with Gasteiger partial charge in [-0.2, -0.15) is 9.61 Å². The molecule has 1 atom stereocenters. The first-order chi connectivity index (χ1) is 7.83. The van der Waals surface area contributed by atoms with Crippen LogP contribution in [0, 0.1) is 5.92 Å². The second-order valence-electron chi connectivity index (χ2n) is 3.98. The Hall–Kier alpha value is -1.20. The smallest absolute Gasteiger partial charge is 0.178 e. The van der Waals surface area contributed by atoms with Gasteiger partial charge in [0.2, 0.25) is 0 Å². The van der Waals surface area contributed by atoms with Crippen LogP contribution in [0.2, 0.25) is 5.15 Å². The van der Waals surface area contributed by atoms with Crippen LogP contribution in [0.1, 0.15) is 12.2 Å². The van der Waals surface area contributed by atoms with E-state index < -0.39 is 0 Å². The predicted molar refractivity (Wildman–Crippen MR) is 58.4 cm³/mol. The van der Waals surface area contributed by atoms with Crippen LogP contribution in [0.15, 0.2) is 12.1 Å². The molecule has 2 aromatic heterocycles.